The predicted octanol–water partition coefficient (Wildman–Crippen LogP) is 4.88. The van der Waals surface area contributed by atoms with Crippen LogP contribution in [0.15, 0.2) is 42.5 Å². The largest absolute Gasteiger partial charge is 0.388 e. The first-order valence-corrected chi connectivity index (χ1v) is 7.07. The van der Waals surface area contributed by atoms with Crippen LogP contribution in [-0.4, -0.2) is 5.11 Å². The van der Waals surface area contributed by atoms with E-state index in [1.54, 1.807) is 12.1 Å². The van der Waals surface area contributed by atoms with Gasteiger partial charge in [-0.3, -0.25) is 0 Å². The van der Waals surface area contributed by atoms with Gasteiger partial charge in [-0.1, -0.05) is 61.8 Å². The van der Waals surface area contributed by atoms with Crippen LogP contribution in [0, 0.1) is 5.82 Å². The van der Waals surface area contributed by atoms with Crippen LogP contribution in [0.1, 0.15) is 42.6 Å². The van der Waals surface area contributed by atoms with Crippen LogP contribution in [0.5, 0.6) is 0 Å². The maximum Gasteiger partial charge on any atom is 0.142 e. The lowest BCUT2D eigenvalue weighted by Gasteiger charge is -2.14. The topological polar surface area (TPSA) is 20.2 Å². The third kappa shape index (κ3) is 3.38. The highest BCUT2D eigenvalue weighted by Gasteiger charge is 2.15. The summed E-state index contributed by atoms with van der Waals surface area (Å²) in [4.78, 5) is 0. The molecule has 0 radical (unpaired) electrons. The summed E-state index contributed by atoms with van der Waals surface area (Å²) in [7, 11) is 0. The smallest absolute Gasteiger partial charge is 0.142 e. The minimum atomic E-state index is -0.803. The zero-order valence-electron chi connectivity index (χ0n) is 11.6. The first-order valence-electron chi connectivity index (χ1n) is 6.70. The molecule has 0 aliphatic carbocycles. The molecule has 106 valence electrons. The summed E-state index contributed by atoms with van der Waals surface area (Å²) in [6.07, 6.45) is -0.384. The predicted molar refractivity (Wildman–Crippen MR) is 80.6 cm³/mol. The van der Waals surface area contributed by atoms with Gasteiger partial charge in [0.25, 0.3) is 0 Å². The summed E-state index contributed by atoms with van der Waals surface area (Å²) in [5, 5.41) is 10.2. The second kappa shape index (κ2) is 6.38. The van der Waals surface area contributed by atoms with E-state index in [0.29, 0.717) is 17.9 Å². The number of halogens is 2. The zero-order chi connectivity index (χ0) is 14.7. The monoisotopic (exact) mass is 292 g/mol. The SMILES string of the molecule is CC(C)c1ccc(CC(O)c2cccc(F)c2Cl)cc1. The highest BCUT2D eigenvalue weighted by molar-refractivity contribution is 6.31. The van der Waals surface area contributed by atoms with Crippen LogP contribution < -0.4 is 0 Å². The zero-order valence-corrected chi connectivity index (χ0v) is 12.4. The quantitative estimate of drug-likeness (QED) is 0.851. The van der Waals surface area contributed by atoms with Crippen LogP contribution in [-0.2, 0) is 6.42 Å². The summed E-state index contributed by atoms with van der Waals surface area (Å²) in [6, 6.07) is 12.6. The van der Waals surface area contributed by atoms with Gasteiger partial charge in [0, 0.05) is 12.0 Å². The standard InChI is InChI=1S/C17H18ClFO/c1-11(2)13-8-6-12(7-9-13)10-16(20)14-4-3-5-15(19)17(14)18/h3-9,11,16,20H,10H2,1-2H3. The molecule has 3 heteroatoms. The minimum Gasteiger partial charge on any atom is -0.388 e. The molecule has 1 N–H and O–H groups in total. The van der Waals surface area contributed by atoms with Gasteiger partial charge in [-0.25, -0.2) is 4.39 Å². The molecule has 1 unspecified atom stereocenters. The second-order valence-electron chi connectivity index (χ2n) is 5.26. The van der Waals surface area contributed by atoms with E-state index in [1.807, 2.05) is 12.1 Å². The van der Waals surface area contributed by atoms with Gasteiger partial charge < -0.3 is 5.11 Å². The van der Waals surface area contributed by atoms with Crippen molar-refractivity contribution >= 4 is 11.6 Å². The number of aliphatic hydroxyl groups is 1. The van der Waals surface area contributed by atoms with Crippen LogP contribution in [0.4, 0.5) is 4.39 Å². The molecule has 2 aromatic rings. The maximum absolute atomic E-state index is 13.4. The molecular formula is C17H18ClFO. The van der Waals surface area contributed by atoms with Crippen molar-refractivity contribution in [1.82, 2.24) is 0 Å². The van der Waals surface area contributed by atoms with Crippen molar-refractivity contribution in [2.75, 3.05) is 0 Å². The van der Waals surface area contributed by atoms with Crippen molar-refractivity contribution in [3.05, 3.63) is 70.0 Å². The summed E-state index contributed by atoms with van der Waals surface area (Å²) in [5.74, 6) is -0.0231. The third-order valence-electron chi connectivity index (χ3n) is 3.42. The Bertz CT molecular complexity index is 578. The van der Waals surface area contributed by atoms with Crippen molar-refractivity contribution in [2.24, 2.45) is 0 Å². The van der Waals surface area contributed by atoms with Crippen molar-refractivity contribution < 1.29 is 9.50 Å². The maximum atomic E-state index is 13.4. The Labute approximate surface area is 124 Å². The fourth-order valence-corrected chi connectivity index (χ4v) is 2.40. The van der Waals surface area contributed by atoms with Crippen LogP contribution >= 0.6 is 11.6 Å². The highest BCUT2D eigenvalue weighted by atomic mass is 35.5. The fraction of sp³-hybridized carbons (Fsp3) is 0.294. The van der Waals surface area contributed by atoms with E-state index in [1.165, 1.54) is 11.6 Å². The van der Waals surface area contributed by atoms with E-state index < -0.39 is 11.9 Å². The number of hydrogen-bond acceptors (Lipinski definition) is 1. The van der Waals surface area contributed by atoms with E-state index in [-0.39, 0.29) is 5.02 Å². The van der Waals surface area contributed by atoms with Gasteiger partial charge in [0.05, 0.1) is 11.1 Å². The number of aliphatic hydroxyl groups excluding tert-OH is 1. The van der Waals surface area contributed by atoms with Crippen LogP contribution in [0.25, 0.3) is 0 Å². The van der Waals surface area contributed by atoms with E-state index in [4.69, 9.17) is 11.6 Å². The molecule has 0 saturated heterocycles. The summed E-state index contributed by atoms with van der Waals surface area (Å²) in [5.41, 5.74) is 2.69. The molecule has 0 bridgehead atoms. The summed E-state index contributed by atoms with van der Waals surface area (Å²) in [6.45, 7) is 4.27. The Morgan fingerprint density at radius 3 is 2.35 bits per heavy atom. The Balaban J connectivity index is 2.15. The fourth-order valence-electron chi connectivity index (χ4n) is 2.15. The Morgan fingerprint density at radius 1 is 1.10 bits per heavy atom. The van der Waals surface area contributed by atoms with Crippen LogP contribution in [0.3, 0.4) is 0 Å². The number of hydrogen-bond donors (Lipinski definition) is 1. The molecule has 0 aliphatic rings. The molecule has 1 atom stereocenters. The molecule has 0 amide bonds. The van der Waals surface area contributed by atoms with E-state index >= 15 is 0 Å². The van der Waals surface area contributed by atoms with Gasteiger partial charge in [-0.2, -0.15) is 0 Å². The van der Waals surface area contributed by atoms with Gasteiger partial charge in [-0.15, -0.1) is 0 Å². The summed E-state index contributed by atoms with van der Waals surface area (Å²) < 4.78 is 13.4. The van der Waals surface area contributed by atoms with Crippen molar-refractivity contribution in [3.63, 3.8) is 0 Å². The van der Waals surface area contributed by atoms with Crippen molar-refractivity contribution in [1.29, 1.82) is 0 Å². The van der Waals surface area contributed by atoms with Gasteiger partial charge in [0.2, 0.25) is 0 Å². The average Bonchev–Trinajstić information content (AvgIpc) is 2.42. The lowest BCUT2D eigenvalue weighted by atomic mass is 9.97. The normalized spacial score (nSPS) is 12.7. The molecule has 20 heavy (non-hydrogen) atoms. The molecule has 0 spiro atoms. The van der Waals surface area contributed by atoms with Crippen LogP contribution in [0.2, 0.25) is 5.02 Å². The minimum absolute atomic E-state index is 0.00111. The molecule has 0 saturated carbocycles. The first-order chi connectivity index (χ1) is 9.49. The highest BCUT2D eigenvalue weighted by Crippen LogP contribution is 2.28. The third-order valence-corrected chi connectivity index (χ3v) is 3.81. The van der Waals surface area contributed by atoms with E-state index in [0.717, 1.165) is 5.56 Å². The lowest BCUT2D eigenvalue weighted by molar-refractivity contribution is 0.178. The first kappa shape index (κ1) is 15.0. The Hall–Kier alpha value is -1.38. The van der Waals surface area contributed by atoms with Crippen molar-refractivity contribution in [3.8, 4) is 0 Å². The van der Waals surface area contributed by atoms with Gasteiger partial charge in [-0.05, 0) is 23.1 Å². The van der Waals surface area contributed by atoms with Gasteiger partial charge >= 0.3 is 0 Å². The molecule has 0 aliphatic heterocycles. The van der Waals surface area contributed by atoms with Crippen molar-refractivity contribution in [2.45, 2.75) is 32.3 Å². The van der Waals surface area contributed by atoms with Gasteiger partial charge in [0.1, 0.15) is 5.82 Å². The Morgan fingerprint density at radius 2 is 1.75 bits per heavy atom. The average molecular weight is 293 g/mol. The molecule has 2 rings (SSSR count). The molecule has 0 heterocycles. The summed E-state index contributed by atoms with van der Waals surface area (Å²) >= 11 is 5.89. The lowest BCUT2D eigenvalue weighted by Crippen LogP contribution is -2.03. The number of benzene rings is 2. The molecule has 0 fully saturated rings. The molecule has 1 nitrogen and oxygen atoms in total. The van der Waals surface area contributed by atoms with Gasteiger partial charge in [0.15, 0.2) is 0 Å². The molecule has 2 aromatic carbocycles. The molecule has 0 aromatic heterocycles. The number of rotatable bonds is 4. The van der Waals surface area contributed by atoms with E-state index in [2.05, 4.69) is 26.0 Å². The van der Waals surface area contributed by atoms with E-state index in [9.17, 15) is 9.50 Å². The second-order valence-corrected chi connectivity index (χ2v) is 5.64. The Kier molecular flexibility index (Phi) is 4.79. The molecular weight excluding hydrogens is 275 g/mol.